The first-order valence-corrected chi connectivity index (χ1v) is 9.90. The molecule has 4 rings (SSSR count). The van der Waals surface area contributed by atoms with Gasteiger partial charge in [0.2, 0.25) is 5.13 Å². The average Bonchev–Trinajstić information content (AvgIpc) is 3.08. The smallest absolute Gasteiger partial charge is 0.336 e. The molecule has 0 fully saturated rings. The minimum absolute atomic E-state index is 0.348. The van der Waals surface area contributed by atoms with Gasteiger partial charge in [-0.25, -0.2) is 9.18 Å². The number of halogens is 1. The molecule has 0 amide bonds. The molecule has 4 aromatic rings. The number of aryl methyl sites for hydroxylation is 1. The lowest BCUT2D eigenvalue weighted by Crippen LogP contribution is -2.00. The standard InChI is InChI=1S/C19H14FN3O2S2/c1-11-6-7-13-12(9-17(24)25-16(13)8-11)10-26-19-23-22-18(27-19)21-15-5-3-2-4-14(15)20/h2-9H,10H2,1H3,(H,21,22). The molecular formula is C19H14FN3O2S2. The summed E-state index contributed by atoms with van der Waals surface area (Å²) in [6, 6.07) is 13.7. The molecule has 2 aromatic heterocycles. The Morgan fingerprint density at radius 2 is 2.04 bits per heavy atom. The van der Waals surface area contributed by atoms with E-state index in [-0.39, 0.29) is 11.4 Å². The molecule has 0 unspecified atom stereocenters. The summed E-state index contributed by atoms with van der Waals surface area (Å²) in [5, 5.41) is 12.5. The van der Waals surface area contributed by atoms with Gasteiger partial charge in [0.1, 0.15) is 11.4 Å². The number of hydrogen-bond acceptors (Lipinski definition) is 7. The van der Waals surface area contributed by atoms with E-state index in [4.69, 9.17) is 4.42 Å². The van der Waals surface area contributed by atoms with E-state index < -0.39 is 0 Å². The first-order chi connectivity index (χ1) is 13.1. The number of aromatic nitrogens is 2. The molecular weight excluding hydrogens is 385 g/mol. The van der Waals surface area contributed by atoms with Crippen LogP contribution in [0.25, 0.3) is 11.0 Å². The predicted octanol–water partition coefficient (Wildman–Crippen LogP) is 5.13. The summed E-state index contributed by atoms with van der Waals surface area (Å²) in [6.07, 6.45) is 0. The number of fused-ring (bicyclic) bond motifs is 1. The maximum Gasteiger partial charge on any atom is 0.336 e. The maximum absolute atomic E-state index is 13.7. The van der Waals surface area contributed by atoms with Gasteiger partial charge in [0, 0.05) is 17.2 Å². The summed E-state index contributed by atoms with van der Waals surface area (Å²) in [5.74, 6) is 0.208. The molecule has 136 valence electrons. The van der Waals surface area contributed by atoms with E-state index in [1.165, 1.54) is 35.2 Å². The van der Waals surface area contributed by atoms with Gasteiger partial charge in [0.05, 0.1) is 5.69 Å². The Balaban J connectivity index is 1.52. The number of para-hydroxylation sites is 1. The molecule has 5 nitrogen and oxygen atoms in total. The predicted molar refractivity (Wildman–Crippen MR) is 106 cm³/mol. The Labute approximate surface area is 162 Å². The zero-order chi connectivity index (χ0) is 18.8. The Hall–Kier alpha value is -2.71. The highest BCUT2D eigenvalue weighted by Gasteiger charge is 2.10. The molecule has 1 N–H and O–H groups in total. The van der Waals surface area contributed by atoms with Crippen LogP contribution in [-0.4, -0.2) is 10.2 Å². The lowest BCUT2D eigenvalue weighted by atomic mass is 10.1. The van der Waals surface area contributed by atoms with Crippen molar-refractivity contribution in [2.75, 3.05) is 5.32 Å². The molecule has 0 saturated carbocycles. The normalized spacial score (nSPS) is 11.0. The van der Waals surface area contributed by atoms with Crippen molar-refractivity contribution in [3.8, 4) is 0 Å². The van der Waals surface area contributed by atoms with Crippen LogP contribution in [-0.2, 0) is 5.75 Å². The minimum atomic E-state index is -0.372. The van der Waals surface area contributed by atoms with Crippen LogP contribution < -0.4 is 10.9 Å². The Kier molecular flexibility index (Phi) is 4.91. The molecule has 0 atom stereocenters. The SMILES string of the molecule is Cc1ccc2c(CSc3nnc(Nc4ccccc4F)s3)cc(=O)oc2c1. The molecule has 0 spiro atoms. The third-order valence-electron chi connectivity index (χ3n) is 3.86. The summed E-state index contributed by atoms with van der Waals surface area (Å²) in [5.41, 5.74) is 2.47. The van der Waals surface area contributed by atoms with Crippen LogP contribution in [0.1, 0.15) is 11.1 Å². The number of nitrogens with one attached hydrogen (secondary N) is 1. The van der Waals surface area contributed by atoms with Gasteiger partial charge in [0.15, 0.2) is 4.34 Å². The van der Waals surface area contributed by atoms with E-state index in [0.717, 1.165) is 20.9 Å². The van der Waals surface area contributed by atoms with Crippen LogP contribution in [0.4, 0.5) is 15.2 Å². The molecule has 0 radical (unpaired) electrons. The fraction of sp³-hybridized carbons (Fsp3) is 0.105. The van der Waals surface area contributed by atoms with Crippen LogP contribution in [0.3, 0.4) is 0 Å². The highest BCUT2D eigenvalue weighted by Crippen LogP contribution is 2.32. The van der Waals surface area contributed by atoms with E-state index in [0.29, 0.717) is 22.2 Å². The highest BCUT2D eigenvalue weighted by molar-refractivity contribution is 8.00. The van der Waals surface area contributed by atoms with E-state index >= 15 is 0 Å². The van der Waals surface area contributed by atoms with E-state index in [1.54, 1.807) is 18.2 Å². The van der Waals surface area contributed by atoms with E-state index in [2.05, 4.69) is 15.5 Å². The fourth-order valence-electron chi connectivity index (χ4n) is 2.59. The van der Waals surface area contributed by atoms with E-state index in [9.17, 15) is 9.18 Å². The van der Waals surface area contributed by atoms with Gasteiger partial charge in [-0.15, -0.1) is 10.2 Å². The molecule has 0 aliphatic carbocycles. The summed E-state index contributed by atoms with van der Waals surface area (Å²) in [6.45, 7) is 1.95. The largest absolute Gasteiger partial charge is 0.423 e. The van der Waals surface area contributed by atoms with E-state index in [1.807, 2.05) is 25.1 Å². The second kappa shape index (κ2) is 7.50. The van der Waals surface area contributed by atoms with Gasteiger partial charge in [0.25, 0.3) is 0 Å². The van der Waals surface area contributed by atoms with Crippen molar-refractivity contribution >= 4 is 44.9 Å². The van der Waals surface area contributed by atoms with Gasteiger partial charge >= 0.3 is 5.63 Å². The molecule has 2 aromatic carbocycles. The second-order valence-electron chi connectivity index (χ2n) is 5.86. The van der Waals surface area contributed by atoms with Gasteiger partial charge in [-0.1, -0.05) is 47.4 Å². The quantitative estimate of drug-likeness (QED) is 0.371. The number of benzene rings is 2. The van der Waals surface area contributed by atoms with Crippen molar-refractivity contribution in [2.45, 2.75) is 17.0 Å². The van der Waals surface area contributed by atoms with Crippen molar-refractivity contribution in [3.05, 3.63) is 75.9 Å². The lowest BCUT2D eigenvalue weighted by molar-refractivity contribution is 0.559. The summed E-state index contributed by atoms with van der Waals surface area (Å²) >= 11 is 2.80. The van der Waals surface area contributed by atoms with Crippen molar-refractivity contribution in [1.82, 2.24) is 10.2 Å². The van der Waals surface area contributed by atoms with Gasteiger partial charge in [-0.3, -0.25) is 0 Å². The molecule has 8 heteroatoms. The monoisotopic (exact) mass is 399 g/mol. The topological polar surface area (TPSA) is 68.0 Å². The van der Waals surface area contributed by atoms with Gasteiger partial charge in [-0.05, 0) is 36.2 Å². The van der Waals surface area contributed by atoms with Gasteiger partial charge in [-0.2, -0.15) is 0 Å². The molecule has 0 aliphatic heterocycles. The first kappa shape index (κ1) is 17.7. The maximum atomic E-state index is 13.7. The summed E-state index contributed by atoms with van der Waals surface area (Å²) in [7, 11) is 0. The first-order valence-electron chi connectivity index (χ1n) is 8.10. The van der Waals surface area contributed by atoms with Crippen molar-refractivity contribution < 1.29 is 8.81 Å². The third-order valence-corrected chi connectivity index (χ3v) is 5.88. The third kappa shape index (κ3) is 4.01. The summed E-state index contributed by atoms with van der Waals surface area (Å²) < 4.78 is 19.7. The van der Waals surface area contributed by atoms with Crippen LogP contribution in [0, 0.1) is 12.7 Å². The molecule has 0 aliphatic rings. The van der Waals surface area contributed by atoms with Crippen LogP contribution in [0.2, 0.25) is 0 Å². The molecule has 27 heavy (non-hydrogen) atoms. The Morgan fingerprint density at radius 3 is 2.89 bits per heavy atom. The number of rotatable bonds is 5. The average molecular weight is 399 g/mol. The van der Waals surface area contributed by atoms with Gasteiger partial charge < -0.3 is 9.73 Å². The molecule has 0 saturated heterocycles. The minimum Gasteiger partial charge on any atom is -0.423 e. The Bertz CT molecular complexity index is 1170. The highest BCUT2D eigenvalue weighted by atomic mass is 32.2. The lowest BCUT2D eigenvalue weighted by Gasteiger charge is -2.04. The fourth-order valence-corrected chi connectivity index (χ4v) is 4.35. The zero-order valence-electron chi connectivity index (χ0n) is 14.2. The van der Waals surface area contributed by atoms with Crippen molar-refractivity contribution in [1.29, 1.82) is 0 Å². The van der Waals surface area contributed by atoms with Crippen molar-refractivity contribution in [2.24, 2.45) is 0 Å². The van der Waals surface area contributed by atoms with Crippen LogP contribution in [0.5, 0.6) is 0 Å². The molecule has 0 bridgehead atoms. The van der Waals surface area contributed by atoms with Crippen LogP contribution in [0.15, 0.2) is 62.1 Å². The summed E-state index contributed by atoms with van der Waals surface area (Å²) in [4.78, 5) is 11.8. The Morgan fingerprint density at radius 1 is 1.19 bits per heavy atom. The zero-order valence-corrected chi connectivity index (χ0v) is 15.9. The van der Waals surface area contributed by atoms with Crippen LogP contribution >= 0.6 is 23.1 Å². The number of anilines is 2. The number of hydrogen-bond donors (Lipinski definition) is 1. The van der Waals surface area contributed by atoms with Crippen molar-refractivity contribution in [3.63, 3.8) is 0 Å². The second-order valence-corrected chi connectivity index (χ2v) is 8.06. The number of thioether (sulfide) groups is 1. The number of nitrogens with zero attached hydrogens (tertiary/aromatic N) is 2. The molecule has 2 heterocycles.